The van der Waals surface area contributed by atoms with E-state index in [2.05, 4.69) is 15.1 Å². The number of ether oxygens (including phenoxy) is 2. The van der Waals surface area contributed by atoms with Gasteiger partial charge in [0.1, 0.15) is 12.4 Å². The highest BCUT2D eigenvalue weighted by molar-refractivity contribution is 5.93. The van der Waals surface area contributed by atoms with Crippen molar-refractivity contribution in [3.05, 3.63) is 84.4 Å². The summed E-state index contributed by atoms with van der Waals surface area (Å²) < 4.78 is 12.9. The van der Waals surface area contributed by atoms with E-state index in [9.17, 15) is 4.79 Å². The van der Waals surface area contributed by atoms with E-state index in [1.807, 2.05) is 83.3 Å². The predicted octanol–water partition coefficient (Wildman–Crippen LogP) is 4.80. The van der Waals surface area contributed by atoms with Gasteiger partial charge in [-0.3, -0.25) is 0 Å². The van der Waals surface area contributed by atoms with Crippen molar-refractivity contribution in [2.75, 3.05) is 38.2 Å². The molecule has 2 aromatic heterocycles. The van der Waals surface area contributed by atoms with Crippen LogP contribution in [0.25, 0.3) is 27.9 Å². The molecule has 3 aromatic carbocycles. The van der Waals surface area contributed by atoms with Gasteiger partial charge in [-0.2, -0.15) is 0 Å². The van der Waals surface area contributed by atoms with Crippen LogP contribution in [0, 0.1) is 0 Å². The molecule has 9 nitrogen and oxygen atoms in total. The Morgan fingerprint density at radius 1 is 0.868 bits per heavy atom. The summed E-state index contributed by atoms with van der Waals surface area (Å²) in [6, 6.07) is 25.5. The highest BCUT2D eigenvalue weighted by atomic mass is 16.6. The van der Waals surface area contributed by atoms with Gasteiger partial charge in [-0.1, -0.05) is 42.5 Å². The summed E-state index contributed by atoms with van der Waals surface area (Å²) in [5, 5.41) is 10.1. The van der Waals surface area contributed by atoms with Gasteiger partial charge >= 0.3 is 6.09 Å². The SMILES string of the molecule is COc1ccc(-c2nnc3c4ccccc4nc(N4CCCN(C(=O)OCc5ccccc5)CC4)n23)cc1. The van der Waals surface area contributed by atoms with Crippen molar-refractivity contribution in [1.29, 1.82) is 0 Å². The van der Waals surface area contributed by atoms with E-state index >= 15 is 0 Å². The fourth-order valence-electron chi connectivity index (χ4n) is 4.82. The quantitative estimate of drug-likeness (QED) is 0.337. The van der Waals surface area contributed by atoms with Crippen molar-refractivity contribution in [3.63, 3.8) is 0 Å². The lowest BCUT2D eigenvalue weighted by molar-refractivity contribution is 0.0986. The molecule has 0 spiro atoms. The zero-order valence-electron chi connectivity index (χ0n) is 21.2. The smallest absolute Gasteiger partial charge is 0.410 e. The summed E-state index contributed by atoms with van der Waals surface area (Å²) in [7, 11) is 1.65. The lowest BCUT2D eigenvalue weighted by Crippen LogP contribution is -2.36. The number of fused-ring (bicyclic) bond motifs is 3. The van der Waals surface area contributed by atoms with E-state index in [1.54, 1.807) is 12.0 Å². The fourth-order valence-corrected chi connectivity index (χ4v) is 4.82. The zero-order chi connectivity index (χ0) is 25.9. The Hall–Kier alpha value is -4.66. The summed E-state index contributed by atoms with van der Waals surface area (Å²) in [5.74, 6) is 2.24. The molecule has 0 radical (unpaired) electrons. The highest BCUT2D eigenvalue weighted by Crippen LogP contribution is 2.29. The van der Waals surface area contributed by atoms with Crippen LogP contribution in [0.2, 0.25) is 0 Å². The Balaban J connectivity index is 1.30. The second-order valence-electron chi connectivity index (χ2n) is 9.21. The molecule has 1 saturated heterocycles. The minimum Gasteiger partial charge on any atom is -0.497 e. The second-order valence-corrected chi connectivity index (χ2v) is 9.21. The largest absolute Gasteiger partial charge is 0.497 e. The Kier molecular flexibility index (Phi) is 6.47. The third-order valence-electron chi connectivity index (χ3n) is 6.82. The van der Waals surface area contributed by atoms with Crippen LogP contribution in [0.15, 0.2) is 78.9 Å². The summed E-state index contributed by atoms with van der Waals surface area (Å²) >= 11 is 0. The molecule has 6 rings (SSSR count). The van der Waals surface area contributed by atoms with Crippen LogP contribution in [-0.4, -0.2) is 63.9 Å². The zero-order valence-corrected chi connectivity index (χ0v) is 21.2. The first-order valence-corrected chi connectivity index (χ1v) is 12.7. The second kappa shape index (κ2) is 10.4. The molecule has 0 aliphatic carbocycles. The molecule has 192 valence electrons. The number of carbonyl (C=O) groups is 1. The standard InChI is InChI=1S/C29H28N6O3/c1-37-23-14-12-22(13-15-23)26-31-32-27-24-10-5-6-11-25(24)30-28(35(26)27)33-16-7-17-34(19-18-33)29(36)38-20-21-8-3-2-4-9-21/h2-6,8-15H,7,16-20H2,1H3. The minimum atomic E-state index is -0.296. The van der Waals surface area contributed by atoms with E-state index in [1.165, 1.54) is 0 Å². The van der Waals surface area contributed by atoms with Gasteiger partial charge in [0.2, 0.25) is 5.95 Å². The molecule has 1 fully saturated rings. The van der Waals surface area contributed by atoms with Crippen molar-refractivity contribution in [1.82, 2.24) is 24.5 Å². The Morgan fingerprint density at radius 3 is 2.47 bits per heavy atom. The molecule has 5 aromatic rings. The van der Waals surface area contributed by atoms with Crippen LogP contribution in [-0.2, 0) is 11.3 Å². The van der Waals surface area contributed by atoms with Gasteiger partial charge in [0, 0.05) is 37.1 Å². The number of hydrogen-bond acceptors (Lipinski definition) is 7. The van der Waals surface area contributed by atoms with Gasteiger partial charge < -0.3 is 19.3 Å². The van der Waals surface area contributed by atoms with E-state index < -0.39 is 0 Å². The number of benzene rings is 3. The normalized spacial score (nSPS) is 14.0. The van der Waals surface area contributed by atoms with E-state index in [0.717, 1.165) is 52.3 Å². The Bertz CT molecular complexity index is 1570. The average molecular weight is 509 g/mol. The number of para-hydroxylation sites is 1. The third-order valence-corrected chi connectivity index (χ3v) is 6.82. The molecule has 1 aliphatic rings. The fraction of sp³-hybridized carbons (Fsp3) is 0.241. The maximum atomic E-state index is 12.8. The molecule has 38 heavy (non-hydrogen) atoms. The van der Waals surface area contributed by atoms with Crippen molar-refractivity contribution >= 4 is 28.6 Å². The molecule has 1 aliphatic heterocycles. The number of anilines is 1. The monoisotopic (exact) mass is 508 g/mol. The number of aromatic nitrogens is 4. The van der Waals surface area contributed by atoms with Crippen molar-refractivity contribution in [3.8, 4) is 17.1 Å². The number of nitrogens with zero attached hydrogens (tertiary/aromatic N) is 6. The third kappa shape index (κ3) is 4.58. The van der Waals surface area contributed by atoms with Crippen molar-refractivity contribution < 1.29 is 14.3 Å². The van der Waals surface area contributed by atoms with E-state index in [0.29, 0.717) is 25.5 Å². The Morgan fingerprint density at radius 2 is 1.66 bits per heavy atom. The van der Waals surface area contributed by atoms with Crippen molar-refractivity contribution in [2.45, 2.75) is 13.0 Å². The molecular weight excluding hydrogens is 480 g/mol. The van der Waals surface area contributed by atoms with Gasteiger partial charge in [-0.05, 0) is 48.4 Å². The summed E-state index contributed by atoms with van der Waals surface area (Å²) in [5.41, 5.74) is 3.49. The molecule has 0 N–H and O–H groups in total. The lowest BCUT2D eigenvalue weighted by atomic mass is 10.2. The first-order chi connectivity index (χ1) is 18.7. The van der Waals surface area contributed by atoms with Crippen LogP contribution >= 0.6 is 0 Å². The Labute approximate surface area is 220 Å². The van der Waals surface area contributed by atoms with Crippen LogP contribution in [0.5, 0.6) is 5.75 Å². The summed E-state index contributed by atoms with van der Waals surface area (Å²) in [6.07, 6.45) is 0.492. The van der Waals surface area contributed by atoms with Crippen LogP contribution < -0.4 is 9.64 Å². The average Bonchev–Trinajstić information content (AvgIpc) is 3.27. The van der Waals surface area contributed by atoms with Crippen molar-refractivity contribution in [2.24, 2.45) is 0 Å². The van der Waals surface area contributed by atoms with Crippen LogP contribution in [0.1, 0.15) is 12.0 Å². The van der Waals surface area contributed by atoms with E-state index in [4.69, 9.17) is 14.5 Å². The number of carbonyl (C=O) groups excluding carboxylic acids is 1. The number of hydrogen-bond donors (Lipinski definition) is 0. The lowest BCUT2D eigenvalue weighted by Gasteiger charge is -2.24. The van der Waals surface area contributed by atoms with Crippen LogP contribution in [0.3, 0.4) is 0 Å². The maximum absolute atomic E-state index is 12.8. The molecule has 9 heteroatoms. The van der Waals surface area contributed by atoms with E-state index in [-0.39, 0.29) is 12.7 Å². The summed E-state index contributed by atoms with van der Waals surface area (Å²) in [6.45, 7) is 2.76. The molecule has 3 heterocycles. The maximum Gasteiger partial charge on any atom is 0.410 e. The van der Waals surface area contributed by atoms with Gasteiger partial charge in [0.25, 0.3) is 0 Å². The number of amides is 1. The molecule has 1 amide bonds. The number of methoxy groups -OCH3 is 1. The molecule has 0 saturated carbocycles. The highest BCUT2D eigenvalue weighted by Gasteiger charge is 2.25. The van der Waals surface area contributed by atoms with Gasteiger partial charge in [0.15, 0.2) is 11.5 Å². The summed E-state index contributed by atoms with van der Waals surface area (Å²) in [4.78, 5) is 21.9. The first-order valence-electron chi connectivity index (χ1n) is 12.7. The predicted molar refractivity (Wildman–Crippen MR) is 145 cm³/mol. The topological polar surface area (TPSA) is 85.1 Å². The minimum absolute atomic E-state index is 0.263. The molecule has 0 atom stereocenters. The molecular formula is C29H28N6O3. The van der Waals surface area contributed by atoms with Crippen LogP contribution in [0.4, 0.5) is 10.7 Å². The molecule has 0 bridgehead atoms. The van der Waals surface area contributed by atoms with Gasteiger partial charge in [-0.15, -0.1) is 10.2 Å². The van der Waals surface area contributed by atoms with Gasteiger partial charge in [-0.25, -0.2) is 14.2 Å². The molecule has 0 unspecified atom stereocenters. The number of rotatable bonds is 5. The van der Waals surface area contributed by atoms with Gasteiger partial charge in [0.05, 0.1) is 12.6 Å². The first kappa shape index (κ1) is 23.7.